The lowest BCUT2D eigenvalue weighted by molar-refractivity contribution is 0.467. The van der Waals surface area contributed by atoms with Crippen molar-refractivity contribution in [3.8, 4) is 0 Å². The summed E-state index contributed by atoms with van der Waals surface area (Å²) in [5.74, 6) is 1.59. The Morgan fingerprint density at radius 1 is 1.27 bits per heavy atom. The minimum atomic E-state index is 0. The Morgan fingerprint density at radius 3 is 2.67 bits per heavy atom. The fraction of sp³-hybridized carbons (Fsp3) is 0.333. The molecular formula is C12H14ClNO. The van der Waals surface area contributed by atoms with Crippen molar-refractivity contribution < 1.29 is 4.42 Å². The topological polar surface area (TPSA) is 39.2 Å². The summed E-state index contributed by atoms with van der Waals surface area (Å²) in [4.78, 5) is 0. The fourth-order valence-electron chi connectivity index (χ4n) is 1.85. The third-order valence-electron chi connectivity index (χ3n) is 2.90. The molecule has 2 N–H and O–H groups in total. The summed E-state index contributed by atoms with van der Waals surface area (Å²) in [7, 11) is 0. The van der Waals surface area contributed by atoms with Gasteiger partial charge in [0.25, 0.3) is 0 Å². The van der Waals surface area contributed by atoms with Crippen LogP contribution in [0.1, 0.15) is 24.6 Å². The largest absolute Gasteiger partial charge is 0.459 e. The molecule has 1 unspecified atom stereocenters. The maximum Gasteiger partial charge on any atom is 0.134 e. The Bertz CT molecular complexity index is 428. The second kappa shape index (κ2) is 3.87. The van der Waals surface area contributed by atoms with Crippen LogP contribution >= 0.6 is 12.4 Å². The third-order valence-corrected chi connectivity index (χ3v) is 2.90. The molecule has 0 spiro atoms. The van der Waals surface area contributed by atoms with E-state index in [1.54, 1.807) is 0 Å². The van der Waals surface area contributed by atoms with Crippen molar-refractivity contribution in [2.24, 2.45) is 11.7 Å². The van der Waals surface area contributed by atoms with E-state index in [9.17, 15) is 0 Å². The summed E-state index contributed by atoms with van der Waals surface area (Å²) in [6.07, 6.45) is 2.50. The molecule has 0 amide bonds. The highest BCUT2D eigenvalue weighted by molar-refractivity contribution is 5.85. The normalized spacial score (nSPS) is 17.4. The molecule has 0 radical (unpaired) electrons. The number of halogens is 1. The highest BCUT2D eigenvalue weighted by Gasteiger charge is 2.31. The Hall–Kier alpha value is -0.990. The van der Waals surface area contributed by atoms with E-state index in [2.05, 4.69) is 12.1 Å². The van der Waals surface area contributed by atoms with Crippen LogP contribution in [-0.4, -0.2) is 0 Å². The first-order valence-electron chi connectivity index (χ1n) is 5.08. The Morgan fingerprint density at radius 2 is 2.00 bits per heavy atom. The molecule has 2 nitrogen and oxygen atoms in total. The molecule has 1 heterocycles. The summed E-state index contributed by atoms with van der Waals surface area (Å²) >= 11 is 0. The van der Waals surface area contributed by atoms with Crippen molar-refractivity contribution in [2.75, 3.05) is 0 Å². The zero-order valence-electron chi connectivity index (χ0n) is 8.35. The van der Waals surface area contributed by atoms with Crippen LogP contribution in [0.5, 0.6) is 0 Å². The Labute approximate surface area is 94.9 Å². The Balaban J connectivity index is 0.000000853. The standard InChI is InChI=1S/C12H13NO.ClH/c13-12(8-5-6-8)11-7-9-3-1-2-4-10(9)14-11;/h1-4,7-8,12H,5-6,13H2;1H. The van der Waals surface area contributed by atoms with E-state index < -0.39 is 0 Å². The van der Waals surface area contributed by atoms with Gasteiger partial charge in [-0.1, -0.05) is 18.2 Å². The molecule has 1 saturated carbocycles. The molecule has 15 heavy (non-hydrogen) atoms. The molecule has 1 fully saturated rings. The van der Waals surface area contributed by atoms with Crippen LogP contribution in [0.4, 0.5) is 0 Å². The van der Waals surface area contributed by atoms with Gasteiger partial charge in [-0.2, -0.15) is 0 Å². The van der Waals surface area contributed by atoms with Crippen LogP contribution in [0.25, 0.3) is 11.0 Å². The average molecular weight is 224 g/mol. The highest BCUT2D eigenvalue weighted by Crippen LogP contribution is 2.40. The van der Waals surface area contributed by atoms with Crippen LogP contribution in [0, 0.1) is 5.92 Å². The van der Waals surface area contributed by atoms with Crippen molar-refractivity contribution in [1.29, 1.82) is 0 Å². The first kappa shape index (κ1) is 10.5. The zero-order valence-corrected chi connectivity index (χ0v) is 9.17. The summed E-state index contributed by atoms with van der Waals surface area (Å²) in [6.45, 7) is 0. The molecule has 0 aliphatic heterocycles. The van der Waals surface area contributed by atoms with Gasteiger partial charge in [0.1, 0.15) is 11.3 Å². The van der Waals surface area contributed by atoms with Gasteiger partial charge in [0.2, 0.25) is 0 Å². The molecule has 1 aromatic carbocycles. The molecule has 0 saturated heterocycles. The van der Waals surface area contributed by atoms with E-state index in [0.717, 1.165) is 16.7 Å². The van der Waals surface area contributed by atoms with Crippen LogP contribution in [-0.2, 0) is 0 Å². The van der Waals surface area contributed by atoms with Gasteiger partial charge in [-0.05, 0) is 30.9 Å². The smallest absolute Gasteiger partial charge is 0.134 e. The van der Waals surface area contributed by atoms with Gasteiger partial charge in [-0.3, -0.25) is 0 Å². The maximum absolute atomic E-state index is 6.07. The SMILES string of the molecule is Cl.NC(c1cc2ccccc2o1)C1CC1. The fourth-order valence-corrected chi connectivity index (χ4v) is 1.85. The Kier molecular flexibility index (Phi) is 2.72. The summed E-state index contributed by atoms with van der Waals surface area (Å²) in [5, 5.41) is 1.15. The van der Waals surface area contributed by atoms with Crippen LogP contribution in [0.3, 0.4) is 0 Å². The van der Waals surface area contributed by atoms with Gasteiger partial charge in [0.05, 0.1) is 6.04 Å². The van der Waals surface area contributed by atoms with E-state index in [1.807, 2.05) is 18.2 Å². The molecule has 3 heteroatoms. The first-order chi connectivity index (χ1) is 6.84. The molecule has 1 aliphatic carbocycles. The average Bonchev–Trinajstić information content (AvgIpc) is 2.95. The molecule has 1 aliphatic rings. The van der Waals surface area contributed by atoms with Gasteiger partial charge >= 0.3 is 0 Å². The van der Waals surface area contributed by atoms with E-state index in [-0.39, 0.29) is 18.4 Å². The first-order valence-corrected chi connectivity index (χ1v) is 5.08. The number of benzene rings is 1. The highest BCUT2D eigenvalue weighted by atomic mass is 35.5. The second-order valence-electron chi connectivity index (χ2n) is 4.05. The van der Waals surface area contributed by atoms with Crippen molar-refractivity contribution >= 4 is 23.4 Å². The van der Waals surface area contributed by atoms with Crippen LogP contribution in [0.15, 0.2) is 34.7 Å². The number of rotatable bonds is 2. The summed E-state index contributed by atoms with van der Waals surface area (Å²) in [5.41, 5.74) is 7.01. The predicted molar refractivity (Wildman–Crippen MR) is 63.1 cm³/mol. The van der Waals surface area contributed by atoms with Gasteiger partial charge in [-0.25, -0.2) is 0 Å². The molecule has 3 rings (SSSR count). The molecule has 1 aromatic heterocycles. The second-order valence-corrected chi connectivity index (χ2v) is 4.05. The number of furan rings is 1. The summed E-state index contributed by atoms with van der Waals surface area (Å²) < 4.78 is 5.71. The van der Waals surface area contributed by atoms with Crippen LogP contribution in [0.2, 0.25) is 0 Å². The van der Waals surface area contributed by atoms with E-state index in [1.165, 1.54) is 12.8 Å². The lowest BCUT2D eigenvalue weighted by Gasteiger charge is -2.04. The molecule has 1 atom stereocenters. The quantitative estimate of drug-likeness (QED) is 0.849. The maximum atomic E-state index is 6.07. The zero-order chi connectivity index (χ0) is 9.54. The number of hydrogen-bond donors (Lipinski definition) is 1. The van der Waals surface area contributed by atoms with E-state index in [0.29, 0.717) is 5.92 Å². The van der Waals surface area contributed by atoms with E-state index in [4.69, 9.17) is 10.2 Å². The van der Waals surface area contributed by atoms with Gasteiger partial charge in [-0.15, -0.1) is 12.4 Å². The number of para-hydroxylation sites is 1. The van der Waals surface area contributed by atoms with Crippen molar-refractivity contribution in [3.63, 3.8) is 0 Å². The van der Waals surface area contributed by atoms with Crippen molar-refractivity contribution in [1.82, 2.24) is 0 Å². The van der Waals surface area contributed by atoms with Gasteiger partial charge in [0, 0.05) is 5.39 Å². The summed E-state index contributed by atoms with van der Waals surface area (Å²) in [6, 6.07) is 10.2. The number of hydrogen-bond acceptors (Lipinski definition) is 2. The monoisotopic (exact) mass is 223 g/mol. The number of nitrogens with two attached hydrogens (primary N) is 1. The molecule has 2 aromatic rings. The third kappa shape index (κ3) is 1.87. The minimum absolute atomic E-state index is 0. The molecular weight excluding hydrogens is 210 g/mol. The lowest BCUT2D eigenvalue weighted by Crippen LogP contribution is -2.10. The van der Waals surface area contributed by atoms with E-state index >= 15 is 0 Å². The number of fused-ring (bicyclic) bond motifs is 1. The van der Waals surface area contributed by atoms with Gasteiger partial charge in [0.15, 0.2) is 0 Å². The molecule has 80 valence electrons. The van der Waals surface area contributed by atoms with Crippen LogP contribution < -0.4 is 5.73 Å². The minimum Gasteiger partial charge on any atom is -0.459 e. The van der Waals surface area contributed by atoms with Gasteiger partial charge < -0.3 is 10.2 Å². The predicted octanol–water partition coefficient (Wildman–Crippen LogP) is 3.26. The molecule has 0 bridgehead atoms. The lowest BCUT2D eigenvalue weighted by atomic mass is 10.1. The van der Waals surface area contributed by atoms with Crippen molar-refractivity contribution in [2.45, 2.75) is 18.9 Å². The van der Waals surface area contributed by atoms with Crippen molar-refractivity contribution in [3.05, 3.63) is 36.1 Å².